The first kappa shape index (κ1) is 14.1. The summed E-state index contributed by atoms with van der Waals surface area (Å²) in [4.78, 5) is 15.4. The zero-order chi connectivity index (χ0) is 15.0. The summed E-state index contributed by atoms with van der Waals surface area (Å²) in [6.07, 6.45) is -4.53. The van der Waals surface area contributed by atoms with Gasteiger partial charge in [0.15, 0.2) is 5.82 Å². The van der Waals surface area contributed by atoms with Crippen molar-refractivity contribution in [1.29, 1.82) is 0 Å². The SMILES string of the molecule is O=C(N1CCOCC1)N1CCn2c(nnc2C(F)(F)F)C1. The maximum absolute atomic E-state index is 12.7. The molecule has 0 saturated carbocycles. The van der Waals surface area contributed by atoms with Crippen LogP contribution in [0.25, 0.3) is 0 Å². The van der Waals surface area contributed by atoms with E-state index in [1.807, 2.05) is 0 Å². The molecule has 0 N–H and O–H groups in total. The number of alkyl halides is 3. The van der Waals surface area contributed by atoms with Crippen LogP contribution in [0.2, 0.25) is 0 Å². The van der Waals surface area contributed by atoms with Crippen molar-refractivity contribution in [3.05, 3.63) is 11.6 Å². The summed E-state index contributed by atoms with van der Waals surface area (Å²) in [6.45, 7) is 2.25. The van der Waals surface area contributed by atoms with Crippen LogP contribution in [0.5, 0.6) is 0 Å². The fraction of sp³-hybridized carbons (Fsp3) is 0.727. The Morgan fingerprint density at radius 2 is 1.76 bits per heavy atom. The first-order chi connectivity index (χ1) is 9.97. The van der Waals surface area contributed by atoms with Crippen molar-refractivity contribution in [1.82, 2.24) is 24.6 Å². The lowest BCUT2D eigenvalue weighted by Crippen LogP contribution is -2.50. The highest BCUT2D eigenvalue weighted by atomic mass is 19.4. The first-order valence-electron chi connectivity index (χ1n) is 6.57. The highest BCUT2D eigenvalue weighted by molar-refractivity contribution is 5.74. The molecule has 0 radical (unpaired) electrons. The molecule has 1 aromatic heterocycles. The summed E-state index contributed by atoms with van der Waals surface area (Å²) in [5.74, 6) is -0.842. The molecule has 3 rings (SSSR count). The molecule has 1 saturated heterocycles. The van der Waals surface area contributed by atoms with Gasteiger partial charge in [0.1, 0.15) is 0 Å². The Morgan fingerprint density at radius 3 is 2.43 bits per heavy atom. The van der Waals surface area contributed by atoms with E-state index in [1.165, 1.54) is 4.90 Å². The van der Waals surface area contributed by atoms with E-state index in [0.717, 1.165) is 4.57 Å². The third-order valence-corrected chi connectivity index (χ3v) is 3.56. The van der Waals surface area contributed by atoms with Gasteiger partial charge >= 0.3 is 12.2 Å². The quantitative estimate of drug-likeness (QED) is 0.703. The van der Waals surface area contributed by atoms with Gasteiger partial charge in [0, 0.05) is 26.2 Å². The molecule has 1 fully saturated rings. The van der Waals surface area contributed by atoms with E-state index in [2.05, 4.69) is 10.2 Å². The Kier molecular flexibility index (Phi) is 3.47. The van der Waals surface area contributed by atoms with Crippen LogP contribution in [0, 0.1) is 0 Å². The molecular weight excluding hydrogens is 291 g/mol. The van der Waals surface area contributed by atoms with E-state index in [4.69, 9.17) is 4.74 Å². The second kappa shape index (κ2) is 5.17. The van der Waals surface area contributed by atoms with Gasteiger partial charge in [0.05, 0.1) is 19.8 Å². The van der Waals surface area contributed by atoms with Crippen LogP contribution in [-0.2, 0) is 24.0 Å². The Hall–Kier alpha value is -1.84. The number of carbonyl (C=O) groups excluding carboxylic acids is 1. The highest BCUT2D eigenvalue weighted by Gasteiger charge is 2.40. The standard InChI is InChI=1S/C11H14F3N5O2/c12-11(13,14)9-16-15-8-7-18(1-2-19(8)9)10(20)17-3-5-21-6-4-17/h1-7H2. The molecule has 1 aromatic rings. The molecule has 2 aliphatic heterocycles. The molecule has 0 spiro atoms. The normalized spacial score (nSPS) is 19.6. The van der Waals surface area contributed by atoms with Gasteiger partial charge in [0.25, 0.3) is 0 Å². The van der Waals surface area contributed by atoms with E-state index in [0.29, 0.717) is 26.3 Å². The summed E-state index contributed by atoms with van der Waals surface area (Å²) >= 11 is 0. The summed E-state index contributed by atoms with van der Waals surface area (Å²) in [7, 11) is 0. The number of hydrogen-bond acceptors (Lipinski definition) is 4. The third kappa shape index (κ3) is 2.67. The Labute approximate surface area is 118 Å². The molecule has 0 unspecified atom stereocenters. The van der Waals surface area contributed by atoms with Gasteiger partial charge in [-0.25, -0.2) is 4.79 Å². The Bertz CT molecular complexity index is 538. The predicted octanol–water partition coefficient (Wildman–Crippen LogP) is 0.565. The van der Waals surface area contributed by atoms with Crippen molar-refractivity contribution in [3.8, 4) is 0 Å². The minimum Gasteiger partial charge on any atom is -0.378 e. The van der Waals surface area contributed by atoms with Gasteiger partial charge < -0.3 is 19.1 Å². The van der Waals surface area contributed by atoms with Crippen LogP contribution in [0.1, 0.15) is 11.6 Å². The largest absolute Gasteiger partial charge is 0.451 e. The number of fused-ring (bicyclic) bond motifs is 1. The van der Waals surface area contributed by atoms with Crippen molar-refractivity contribution >= 4 is 6.03 Å². The highest BCUT2D eigenvalue weighted by Crippen LogP contribution is 2.29. The monoisotopic (exact) mass is 305 g/mol. The van der Waals surface area contributed by atoms with Crippen LogP contribution in [-0.4, -0.2) is 63.4 Å². The lowest BCUT2D eigenvalue weighted by atomic mass is 10.3. The van der Waals surface area contributed by atoms with E-state index >= 15 is 0 Å². The Balaban J connectivity index is 1.73. The maximum Gasteiger partial charge on any atom is 0.451 e. The van der Waals surface area contributed by atoms with Gasteiger partial charge in [-0.15, -0.1) is 10.2 Å². The van der Waals surface area contributed by atoms with E-state index in [9.17, 15) is 18.0 Å². The molecule has 2 amide bonds. The van der Waals surface area contributed by atoms with Gasteiger partial charge in [-0.2, -0.15) is 13.2 Å². The van der Waals surface area contributed by atoms with Crippen molar-refractivity contribution in [2.45, 2.75) is 19.3 Å². The topological polar surface area (TPSA) is 63.5 Å². The fourth-order valence-corrected chi connectivity index (χ4v) is 2.49. The molecule has 21 heavy (non-hydrogen) atoms. The van der Waals surface area contributed by atoms with Crippen molar-refractivity contribution in [3.63, 3.8) is 0 Å². The van der Waals surface area contributed by atoms with Gasteiger partial charge in [-0.1, -0.05) is 0 Å². The summed E-state index contributed by atoms with van der Waals surface area (Å²) < 4.78 is 44.4. The zero-order valence-electron chi connectivity index (χ0n) is 11.1. The van der Waals surface area contributed by atoms with E-state index in [-0.39, 0.29) is 31.5 Å². The van der Waals surface area contributed by atoms with Crippen molar-refractivity contribution in [2.75, 3.05) is 32.8 Å². The molecule has 0 bridgehead atoms. The Morgan fingerprint density at radius 1 is 1.05 bits per heavy atom. The predicted molar refractivity (Wildman–Crippen MR) is 63.2 cm³/mol. The molecular formula is C11H14F3N5O2. The number of aromatic nitrogens is 3. The number of urea groups is 1. The molecule has 0 atom stereocenters. The molecule has 116 valence electrons. The molecule has 7 nitrogen and oxygen atoms in total. The molecule has 0 aromatic carbocycles. The number of halogens is 3. The number of rotatable bonds is 0. The number of carbonyl (C=O) groups is 1. The minimum atomic E-state index is -4.53. The number of ether oxygens (including phenoxy) is 1. The second-order valence-electron chi connectivity index (χ2n) is 4.89. The molecule has 10 heteroatoms. The molecule has 0 aliphatic carbocycles. The van der Waals surface area contributed by atoms with Crippen LogP contribution in [0.3, 0.4) is 0 Å². The number of nitrogens with zero attached hydrogens (tertiary/aromatic N) is 5. The zero-order valence-corrected chi connectivity index (χ0v) is 11.1. The minimum absolute atomic E-state index is 0.0409. The summed E-state index contributed by atoms with van der Waals surface area (Å²) in [5.41, 5.74) is 0. The molecule has 2 aliphatic rings. The van der Waals surface area contributed by atoms with Crippen LogP contribution in [0.4, 0.5) is 18.0 Å². The first-order valence-corrected chi connectivity index (χ1v) is 6.57. The smallest absolute Gasteiger partial charge is 0.378 e. The van der Waals surface area contributed by atoms with Crippen molar-refractivity contribution < 1.29 is 22.7 Å². The average Bonchev–Trinajstić information content (AvgIpc) is 2.90. The van der Waals surface area contributed by atoms with E-state index in [1.54, 1.807) is 4.90 Å². The number of hydrogen-bond donors (Lipinski definition) is 0. The lowest BCUT2D eigenvalue weighted by Gasteiger charge is -2.34. The maximum atomic E-state index is 12.7. The molecule has 3 heterocycles. The van der Waals surface area contributed by atoms with Gasteiger partial charge in [-0.3, -0.25) is 0 Å². The number of amides is 2. The summed E-state index contributed by atoms with van der Waals surface area (Å²) in [6, 6.07) is -0.193. The van der Waals surface area contributed by atoms with E-state index < -0.39 is 12.0 Å². The summed E-state index contributed by atoms with van der Waals surface area (Å²) in [5, 5.41) is 6.75. The average molecular weight is 305 g/mol. The number of morpholine rings is 1. The van der Waals surface area contributed by atoms with Gasteiger partial charge in [-0.05, 0) is 0 Å². The fourth-order valence-electron chi connectivity index (χ4n) is 2.49. The van der Waals surface area contributed by atoms with Crippen LogP contribution >= 0.6 is 0 Å². The van der Waals surface area contributed by atoms with Crippen LogP contribution in [0.15, 0.2) is 0 Å². The second-order valence-corrected chi connectivity index (χ2v) is 4.89. The van der Waals surface area contributed by atoms with Crippen LogP contribution < -0.4 is 0 Å². The van der Waals surface area contributed by atoms with Crippen molar-refractivity contribution in [2.24, 2.45) is 0 Å². The third-order valence-electron chi connectivity index (χ3n) is 3.56. The lowest BCUT2D eigenvalue weighted by molar-refractivity contribution is -0.147. The van der Waals surface area contributed by atoms with Gasteiger partial charge in [0.2, 0.25) is 5.82 Å².